The third kappa shape index (κ3) is 2.83. The van der Waals surface area contributed by atoms with Gasteiger partial charge in [0.1, 0.15) is 0 Å². The maximum absolute atomic E-state index is 5.84. The van der Waals surface area contributed by atoms with Crippen LogP contribution >= 0.6 is 11.3 Å². The van der Waals surface area contributed by atoms with Crippen molar-refractivity contribution in [3.63, 3.8) is 0 Å². The molecule has 0 aromatic carbocycles. The lowest BCUT2D eigenvalue weighted by atomic mass is 10.1. The van der Waals surface area contributed by atoms with E-state index in [0.29, 0.717) is 0 Å². The Balaban J connectivity index is 2.49. The smallest absolute Gasteiger partial charge is 0.0912 e. The molecule has 1 heterocycles. The molecule has 0 radical (unpaired) electrons. The summed E-state index contributed by atoms with van der Waals surface area (Å²) < 4.78 is 0. The molecule has 0 aliphatic rings. The fourth-order valence-electron chi connectivity index (χ4n) is 0.862. The van der Waals surface area contributed by atoms with Crippen LogP contribution in [-0.4, -0.2) is 12.1 Å². The molecule has 1 aromatic rings. The number of nitrogens with one attached hydrogen (secondary N) is 1. The highest BCUT2D eigenvalue weighted by Crippen LogP contribution is 2.21. The van der Waals surface area contributed by atoms with E-state index < -0.39 is 0 Å². The Bertz CT molecular complexity index is 247. The van der Waals surface area contributed by atoms with Gasteiger partial charge >= 0.3 is 0 Å². The monoisotopic (exact) mass is 184 g/mol. The normalized spacial score (nSPS) is 11.7. The topological polar surface area (TPSA) is 38.0 Å². The van der Waals surface area contributed by atoms with Crippen LogP contribution in [0, 0.1) is 6.92 Å². The van der Waals surface area contributed by atoms with Crippen LogP contribution in [0.1, 0.15) is 19.4 Å². The fourth-order valence-corrected chi connectivity index (χ4v) is 1.68. The van der Waals surface area contributed by atoms with E-state index in [9.17, 15) is 0 Å². The minimum absolute atomic E-state index is 0.142. The minimum Gasteiger partial charge on any atom is -0.375 e. The number of rotatable bonds is 3. The van der Waals surface area contributed by atoms with E-state index in [2.05, 4.69) is 23.7 Å². The highest BCUT2D eigenvalue weighted by Gasteiger charge is 2.10. The van der Waals surface area contributed by atoms with Crippen molar-refractivity contribution in [1.82, 2.24) is 0 Å². The molecule has 3 N–H and O–H groups in total. The first-order valence-electron chi connectivity index (χ1n) is 4.06. The first-order valence-corrected chi connectivity index (χ1v) is 4.94. The summed E-state index contributed by atoms with van der Waals surface area (Å²) in [5.74, 6) is 0. The summed E-state index contributed by atoms with van der Waals surface area (Å²) in [4.78, 5) is 0. The summed E-state index contributed by atoms with van der Waals surface area (Å²) in [5, 5.41) is 6.64. The molecule has 0 unspecified atom stereocenters. The quantitative estimate of drug-likeness (QED) is 0.756. The lowest BCUT2D eigenvalue weighted by molar-refractivity contribution is 0.550. The third-order valence-electron chi connectivity index (χ3n) is 1.57. The standard InChI is InChI=1S/C9H16N2S/c1-7-4-5-12-8(7)11-6-9(2,3)10/h4-5,11H,6,10H2,1-3H3. The summed E-state index contributed by atoms with van der Waals surface area (Å²) >= 11 is 1.72. The maximum atomic E-state index is 5.84. The van der Waals surface area contributed by atoms with Crippen LogP contribution in [0.4, 0.5) is 5.00 Å². The fraction of sp³-hybridized carbons (Fsp3) is 0.556. The van der Waals surface area contributed by atoms with E-state index in [4.69, 9.17) is 5.73 Å². The van der Waals surface area contributed by atoms with Gasteiger partial charge in [-0.05, 0) is 37.8 Å². The van der Waals surface area contributed by atoms with Crippen molar-refractivity contribution >= 4 is 16.3 Å². The SMILES string of the molecule is Cc1ccsc1NCC(C)(C)N. The van der Waals surface area contributed by atoms with Crippen LogP contribution in [0.2, 0.25) is 0 Å². The molecule has 0 aliphatic carbocycles. The van der Waals surface area contributed by atoms with Gasteiger partial charge in [0.15, 0.2) is 0 Å². The van der Waals surface area contributed by atoms with E-state index in [-0.39, 0.29) is 5.54 Å². The first kappa shape index (κ1) is 9.55. The largest absolute Gasteiger partial charge is 0.375 e. The van der Waals surface area contributed by atoms with Gasteiger partial charge in [-0.25, -0.2) is 0 Å². The van der Waals surface area contributed by atoms with E-state index >= 15 is 0 Å². The van der Waals surface area contributed by atoms with Crippen molar-refractivity contribution in [2.45, 2.75) is 26.3 Å². The van der Waals surface area contributed by atoms with E-state index in [1.54, 1.807) is 11.3 Å². The van der Waals surface area contributed by atoms with Gasteiger partial charge < -0.3 is 11.1 Å². The molecule has 3 heteroatoms. The number of anilines is 1. The molecule has 12 heavy (non-hydrogen) atoms. The van der Waals surface area contributed by atoms with Gasteiger partial charge in [0.05, 0.1) is 5.00 Å². The van der Waals surface area contributed by atoms with Crippen LogP contribution < -0.4 is 11.1 Å². The molecular formula is C9H16N2S. The van der Waals surface area contributed by atoms with Gasteiger partial charge in [-0.3, -0.25) is 0 Å². The molecule has 0 saturated carbocycles. The average Bonchev–Trinajstić information content (AvgIpc) is 2.29. The van der Waals surface area contributed by atoms with Crippen LogP contribution in [0.25, 0.3) is 0 Å². The number of hydrogen-bond acceptors (Lipinski definition) is 3. The zero-order valence-electron chi connectivity index (χ0n) is 7.85. The highest BCUT2D eigenvalue weighted by atomic mass is 32.1. The zero-order chi connectivity index (χ0) is 9.19. The Morgan fingerprint density at radius 1 is 1.58 bits per heavy atom. The molecule has 0 saturated heterocycles. The molecule has 2 nitrogen and oxygen atoms in total. The zero-order valence-corrected chi connectivity index (χ0v) is 8.66. The molecule has 1 rings (SSSR count). The second-order valence-corrected chi connectivity index (χ2v) is 4.69. The molecule has 0 fully saturated rings. The van der Waals surface area contributed by atoms with Crippen LogP contribution in [0.5, 0.6) is 0 Å². The number of aryl methyl sites for hydroxylation is 1. The Labute approximate surface area is 77.8 Å². The summed E-state index contributed by atoms with van der Waals surface area (Å²) in [6.45, 7) is 6.95. The van der Waals surface area contributed by atoms with E-state index in [1.165, 1.54) is 10.6 Å². The number of nitrogens with two attached hydrogens (primary N) is 1. The van der Waals surface area contributed by atoms with E-state index in [0.717, 1.165) is 6.54 Å². The lowest BCUT2D eigenvalue weighted by Crippen LogP contribution is -2.39. The second-order valence-electron chi connectivity index (χ2n) is 3.77. The van der Waals surface area contributed by atoms with Crippen molar-refractivity contribution in [2.75, 3.05) is 11.9 Å². The second kappa shape index (κ2) is 3.46. The predicted molar refractivity (Wildman–Crippen MR) is 55.8 cm³/mol. The Morgan fingerprint density at radius 2 is 2.25 bits per heavy atom. The van der Waals surface area contributed by atoms with Gasteiger partial charge in [0, 0.05) is 12.1 Å². The average molecular weight is 184 g/mol. The highest BCUT2D eigenvalue weighted by molar-refractivity contribution is 7.14. The van der Waals surface area contributed by atoms with Crippen LogP contribution in [0.3, 0.4) is 0 Å². The van der Waals surface area contributed by atoms with E-state index in [1.807, 2.05) is 13.8 Å². The van der Waals surface area contributed by atoms with Gasteiger partial charge in [0.25, 0.3) is 0 Å². The first-order chi connectivity index (χ1) is 5.49. The lowest BCUT2D eigenvalue weighted by Gasteiger charge is -2.19. The van der Waals surface area contributed by atoms with Gasteiger partial charge in [0.2, 0.25) is 0 Å². The van der Waals surface area contributed by atoms with Gasteiger partial charge in [-0.2, -0.15) is 0 Å². The summed E-state index contributed by atoms with van der Waals surface area (Å²) in [6, 6.07) is 2.11. The Hall–Kier alpha value is -0.540. The molecule has 1 aromatic heterocycles. The summed E-state index contributed by atoms with van der Waals surface area (Å²) in [5.41, 5.74) is 7.00. The minimum atomic E-state index is -0.142. The van der Waals surface area contributed by atoms with Gasteiger partial charge in [-0.15, -0.1) is 11.3 Å². The van der Waals surface area contributed by atoms with Crippen molar-refractivity contribution < 1.29 is 0 Å². The number of hydrogen-bond donors (Lipinski definition) is 2. The molecule has 0 aliphatic heterocycles. The number of thiophene rings is 1. The van der Waals surface area contributed by atoms with Crippen molar-refractivity contribution in [1.29, 1.82) is 0 Å². The maximum Gasteiger partial charge on any atom is 0.0912 e. The Morgan fingerprint density at radius 3 is 2.67 bits per heavy atom. The molecule has 0 bridgehead atoms. The third-order valence-corrected chi connectivity index (χ3v) is 2.54. The predicted octanol–water partition coefficient (Wildman–Crippen LogP) is 2.21. The molecule has 0 amide bonds. The summed E-state index contributed by atoms with van der Waals surface area (Å²) in [6.07, 6.45) is 0. The van der Waals surface area contributed by atoms with Crippen LogP contribution in [-0.2, 0) is 0 Å². The molecule has 0 atom stereocenters. The molecule has 68 valence electrons. The van der Waals surface area contributed by atoms with Crippen molar-refractivity contribution in [3.05, 3.63) is 17.0 Å². The van der Waals surface area contributed by atoms with Crippen LogP contribution in [0.15, 0.2) is 11.4 Å². The van der Waals surface area contributed by atoms with Gasteiger partial charge in [-0.1, -0.05) is 0 Å². The Kier molecular flexibility index (Phi) is 2.75. The molecular weight excluding hydrogens is 168 g/mol. The van der Waals surface area contributed by atoms with Crippen molar-refractivity contribution in [3.8, 4) is 0 Å². The summed E-state index contributed by atoms with van der Waals surface area (Å²) in [7, 11) is 0. The molecule has 0 spiro atoms. The van der Waals surface area contributed by atoms with Crippen molar-refractivity contribution in [2.24, 2.45) is 5.73 Å².